The molecular weight excluding hydrogens is 382 g/mol. The number of aromatic nitrogens is 1. The van der Waals surface area contributed by atoms with E-state index >= 15 is 0 Å². The van der Waals surface area contributed by atoms with Gasteiger partial charge < -0.3 is 18.9 Å². The average molecular weight is 403 g/mol. The van der Waals surface area contributed by atoms with Crippen molar-refractivity contribution in [2.45, 2.75) is 6.04 Å². The third-order valence-corrected chi connectivity index (χ3v) is 5.27. The molecule has 1 saturated heterocycles. The maximum Gasteiger partial charge on any atom is 0.291 e. The number of benzene rings is 1. The maximum atomic E-state index is 12.8. The van der Waals surface area contributed by atoms with Crippen LogP contribution in [0.2, 0.25) is 0 Å². The zero-order valence-corrected chi connectivity index (χ0v) is 16.3. The largest absolute Gasteiger partial charge is 0.459 e. The van der Waals surface area contributed by atoms with Crippen LogP contribution in [-0.2, 0) is 4.74 Å². The molecule has 0 saturated carbocycles. The van der Waals surface area contributed by atoms with Gasteiger partial charge in [-0.15, -0.1) is 0 Å². The van der Waals surface area contributed by atoms with Gasteiger partial charge in [-0.3, -0.25) is 14.7 Å². The number of hydrogen-bond donors (Lipinski definition) is 1. The van der Waals surface area contributed by atoms with Crippen LogP contribution in [0, 0.1) is 0 Å². The Hall–Kier alpha value is -3.42. The van der Waals surface area contributed by atoms with E-state index < -0.39 is 0 Å². The lowest BCUT2D eigenvalue weighted by Crippen LogP contribution is -2.39. The molecule has 7 heteroatoms. The number of fused-ring (bicyclic) bond motifs is 1. The molecule has 1 fully saturated rings. The van der Waals surface area contributed by atoms with Crippen LogP contribution in [0.3, 0.4) is 0 Å². The van der Waals surface area contributed by atoms with Gasteiger partial charge in [0.05, 0.1) is 31.2 Å². The van der Waals surface area contributed by atoms with Gasteiger partial charge in [0.15, 0.2) is 11.5 Å². The Labute approximate surface area is 173 Å². The molecule has 1 atom stereocenters. The maximum absolute atomic E-state index is 12.8. The van der Waals surface area contributed by atoms with Crippen LogP contribution < -0.4 is 5.32 Å². The minimum Gasteiger partial charge on any atom is -0.459 e. The van der Waals surface area contributed by atoms with Crippen molar-refractivity contribution in [3.05, 3.63) is 84.3 Å². The van der Waals surface area contributed by atoms with E-state index in [-0.39, 0.29) is 17.7 Å². The van der Waals surface area contributed by atoms with Crippen molar-refractivity contribution in [1.82, 2.24) is 9.88 Å². The Morgan fingerprint density at radius 3 is 2.70 bits per heavy atom. The lowest BCUT2D eigenvalue weighted by Gasteiger charge is -2.33. The van der Waals surface area contributed by atoms with E-state index in [1.165, 1.54) is 6.26 Å². The quantitative estimate of drug-likeness (QED) is 0.541. The smallest absolute Gasteiger partial charge is 0.291 e. The second-order valence-corrected chi connectivity index (χ2v) is 7.11. The normalized spacial score (nSPS) is 15.9. The second kappa shape index (κ2) is 8.14. The summed E-state index contributed by atoms with van der Waals surface area (Å²) in [5, 5.41) is 3.86. The minimum atomic E-state index is -0.320. The number of carbonyl (C=O) groups is 1. The first-order valence-electron chi connectivity index (χ1n) is 9.89. The summed E-state index contributed by atoms with van der Waals surface area (Å²) in [5.41, 5.74) is 2.35. The zero-order chi connectivity index (χ0) is 20.3. The Morgan fingerprint density at radius 1 is 1.07 bits per heavy atom. The first-order valence-corrected chi connectivity index (χ1v) is 9.89. The number of hydrogen-bond acceptors (Lipinski definition) is 6. The molecule has 1 amide bonds. The van der Waals surface area contributed by atoms with Crippen molar-refractivity contribution in [3.8, 4) is 0 Å². The predicted molar refractivity (Wildman–Crippen MR) is 111 cm³/mol. The molecule has 1 aromatic carbocycles. The summed E-state index contributed by atoms with van der Waals surface area (Å²) in [6.45, 7) is 2.79. The molecule has 4 heterocycles. The molecule has 0 spiro atoms. The number of anilines is 1. The Morgan fingerprint density at radius 2 is 1.93 bits per heavy atom. The monoisotopic (exact) mass is 403 g/mol. The standard InChI is InChI=1S/C23H21N3O4/c27-23(19-8-4-12-29-19)25-20-17-6-1-2-7-18(17)30-22(20)21(16-5-3-9-24-15-16)26-10-13-28-14-11-26/h1-9,12,15,21H,10-11,13-14H2,(H,25,27). The van der Waals surface area contributed by atoms with Gasteiger partial charge in [0.1, 0.15) is 5.58 Å². The number of nitrogens with zero attached hydrogens (tertiary/aromatic N) is 2. The fraction of sp³-hybridized carbons (Fsp3) is 0.217. The fourth-order valence-corrected chi connectivity index (χ4v) is 3.87. The number of nitrogens with one attached hydrogen (secondary N) is 1. The van der Waals surface area contributed by atoms with Crippen LogP contribution >= 0.6 is 0 Å². The van der Waals surface area contributed by atoms with Crippen LogP contribution in [-0.4, -0.2) is 42.1 Å². The number of ether oxygens (including phenoxy) is 1. The molecular formula is C23H21N3O4. The van der Waals surface area contributed by atoms with E-state index in [2.05, 4.69) is 15.2 Å². The van der Waals surface area contributed by atoms with E-state index in [9.17, 15) is 4.79 Å². The summed E-state index contributed by atoms with van der Waals surface area (Å²) < 4.78 is 17.2. The topological polar surface area (TPSA) is 80.7 Å². The van der Waals surface area contributed by atoms with Crippen molar-refractivity contribution < 1.29 is 18.4 Å². The lowest BCUT2D eigenvalue weighted by molar-refractivity contribution is 0.0205. The zero-order valence-electron chi connectivity index (χ0n) is 16.3. The van der Waals surface area contributed by atoms with Crippen LogP contribution in [0.1, 0.15) is 27.9 Å². The van der Waals surface area contributed by atoms with Gasteiger partial charge in [-0.05, 0) is 35.9 Å². The van der Waals surface area contributed by atoms with E-state index in [1.807, 2.05) is 42.6 Å². The van der Waals surface area contributed by atoms with Gasteiger partial charge in [0, 0.05) is 30.9 Å². The van der Waals surface area contributed by atoms with Crippen molar-refractivity contribution in [2.75, 3.05) is 31.6 Å². The molecule has 1 unspecified atom stereocenters. The molecule has 1 aliphatic rings. The number of rotatable bonds is 5. The second-order valence-electron chi connectivity index (χ2n) is 7.11. The van der Waals surface area contributed by atoms with Gasteiger partial charge in [-0.1, -0.05) is 18.2 Å². The third-order valence-electron chi connectivity index (χ3n) is 5.27. The molecule has 0 bridgehead atoms. The van der Waals surface area contributed by atoms with Gasteiger partial charge >= 0.3 is 0 Å². The predicted octanol–water partition coefficient (Wildman–Crippen LogP) is 4.09. The van der Waals surface area contributed by atoms with Gasteiger partial charge in [0.2, 0.25) is 0 Å². The number of carbonyl (C=O) groups excluding carboxylic acids is 1. The fourth-order valence-electron chi connectivity index (χ4n) is 3.87. The van der Waals surface area contributed by atoms with Crippen LogP contribution in [0.4, 0.5) is 5.69 Å². The number of morpholine rings is 1. The highest BCUT2D eigenvalue weighted by Crippen LogP contribution is 2.40. The highest BCUT2D eigenvalue weighted by atomic mass is 16.5. The minimum absolute atomic E-state index is 0.207. The van der Waals surface area contributed by atoms with Gasteiger partial charge in [-0.25, -0.2) is 0 Å². The van der Waals surface area contributed by atoms with Gasteiger partial charge in [-0.2, -0.15) is 0 Å². The first-order chi connectivity index (χ1) is 14.8. The van der Waals surface area contributed by atoms with Crippen LogP contribution in [0.25, 0.3) is 11.0 Å². The summed E-state index contributed by atoms with van der Waals surface area (Å²) in [6, 6.07) is 14.8. The molecule has 152 valence electrons. The molecule has 0 aliphatic carbocycles. The van der Waals surface area contributed by atoms with Crippen LogP contribution in [0.5, 0.6) is 0 Å². The van der Waals surface area contributed by atoms with Crippen molar-refractivity contribution in [3.63, 3.8) is 0 Å². The average Bonchev–Trinajstić information content (AvgIpc) is 3.45. The Balaban J connectivity index is 1.64. The third kappa shape index (κ3) is 3.49. The number of pyridine rings is 1. The summed E-state index contributed by atoms with van der Waals surface area (Å²) >= 11 is 0. The summed E-state index contributed by atoms with van der Waals surface area (Å²) in [4.78, 5) is 19.4. The Bertz CT molecular complexity index is 1130. The van der Waals surface area contributed by atoms with Gasteiger partial charge in [0.25, 0.3) is 5.91 Å². The summed E-state index contributed by atoms with van der Waals surface area (Å²) in [5.74, 6) is 0.598. The molecule has 5 rings (SSSR count). The molecule has 3 aromatic heterocycles. The lowest BCUT2D eigenvalue weighted by atomic mass is 10.0. The number of para-hydroxylation sites is 1. The molecule has 30 heavy (non-hydrogen) atoms. The summed E-state index contributed by atoms with van der Waals surface area (Å²) in [7, 11) is 0. The number of amides is 1. The van der Waals surface area contributed by atoms with E-state index in [4.69, 9.17) is 13.6 Å². The molecule has 1 aliphatic heterocycles. The SMILES string of the molecule is O=C(Nc1c(C(c2cccnc2)N2CCOCC2)oc2ccccc12)c1ccco1. The van der Waals surface area contributed by atoms with E-state index in [1.54, 1.807) is 18.3 Å². The molecule has 1 N–H and O–H groups in total. The highest BCUT2D eigenvalue weighted by molar-refractivity contribution is 6.08. The molecule has 4 aromatic rings. The molecule has 0 radical (unpaired) electrons. The van der Waals surface area contributed by atoms with Crippen molar-refractivity contribution in [1.29, 1.82) is 0 Å². The van der Waals surface area contributed by atoms with Crippen LogP contribution in [0.15, 0.2) is 76.0 Å². The van der Waals surface area contributed by atoms with Crippen molar-refractivity contribution >= 4 is 22.6 Å². The number of furan rings is 2. The highest BCUT2D eigenvalue weighted by Gasteiger charge is 2.31. The first kappa shape index (κ1) is 18.6. The van der Waals surface area contributed by atoms with Crippen molar-refractivity contribution in [2.24, 2.45) is 0 Å². The van der Waals surface area contributed by atoms with E-state index in [0.29, 0.717) is 30.2 Å². The van der Waals surface area contributed by atoms with E-state index in [0.717, 1.165) is 24.0 Å². The Kier molecular flexibility index (Phi) is 5.04. The summed E-state index contributed by atoms with van der Waals surface area (Å²) in [6.07, 6.45) is 5.07. The molecule has 7 nitrogen and oxygen atoms in total.